The van der Waals surface area contributed by atoms with E-state index in [-0.39, 0.29) is 10.7 Å². The Morgan fingerprint density at radius 2 is 2.00 bits per heavy atom. The summed E-state index contributed by atoms with van der Waals surface area (Å²) in [5.41, 5.74) is 0.983. The monoisotopic (exact) mass is 178 g/mol. The van der Waals surface area contributed by atoms with E-state index in [1.54, 1.807) is 0 Å². The molecule has 0 aliphatic rings. The van der Waals surface area contributed by atoms with Crippen LogP contribution in [0.2, 0.25) is 0 Å². The molecule has 2 aromatic rings. The van der Waals surface area contributed by atoms with E-state index in [9.17, 15) is 4.48 Å². The summed E-state index contributed by atoms with van der Waals surface area (Å²) in [7, 11) is 0. The number of nitrogens with zero attached hydrogens (tertiary/aromatic N) is 4. The fourth-order valence-corrected chi connectivity index (χ4v) is 1.07. The average Bonchev–Trinajstić information content (AvgIpc) is 2.54. The summed E-state index contributed by atoms with van der Waals surface area (Å²) in [5.74, 6) is 0.214. The second kappa shape index (κ2) is 3.30. The molecule has 0 bridgehead atoms. The van der Waals surface area contributed by atoms with Crippen molar-refractivity contribution in [3.05, 3.63) is 41.7 Å². The van der Waals surface area contributed by atoms with E-state index in [0.29, 0.717) is 6.42 Å². The van der Waals surface area contributed by atoms with Crippen molar-refractivity contribution in [1.82, 2.24) is 20.4 Å². The molecule has 13 heavy (non-hydrogen) atoms. The van der Waals surface area contributed by atoms with Gasteiger partial charge in [0.15, 0.2) is 5.82 Å². The highest BCUT2D eigenvalue weighted by atomic mass is 19.2. The van der Waals surface area contributed by atoms with E-state index in [1.807, 2.05) is 30.3 Å². The molecule has 0 saturated carbocycles. The fraction of sp³-hybridized carbons (Fsp3) is 0.125. The van der Waals surface area contributed by atoms with Gasteiger partial charge in [-0.15, -0.1) is 5.10 Å². The Morgan fingerprint density at radius 3 is 2.62 bits per heavy atom. The molecule has 2 rings (SSSR count). The van der Waals surface area contributed by atoms with Crippen LogP contribution in [0.5, 0.6) is 0 Å². The molecule has 0 saturated heterocycles. The molecule has 4 nitrogen and oxygen atoms in total. The third-order valence-corrected chi connectivity index (χ3v) is 1.70. The first kappa shape index (κ1) is 7.85. The van der Waals surface area contributed by atoms with E-state index in [2.05, 4.69) is 15.5 Å². The smallest absolute Gasteiger partial charge is 0.110 e. The van der Waals surface area contributed by atoms with Crippen molar-refractivity contribution in [1.29, 1.82) is 0 Å². The lowest BCUT2D eigenvalue weighted by molar-refractivity contribution is 0.294. The summed E-state index contributed by atoms with van der Waals surface area (Å²) in [5, 5.41) is 9.85. The lowest BCUT2D eigenvalue weighted by atomic mass is 10.1. The molecule has 0 radical (unpaired) electrons. The normalized spacial score (nSPS) is 10.2. The highest BCUT2D eigenvalue weighted by Crippen LogP contribution is 2.04. The van der Waals surface area contributed by atoms with Crippen LogP contribution in [0.25, 0.3) is 0 Å². The SMILES string of the molecule is Fn1nnnc1Cc1ccccc1. The van der Waals surface area contributed by atoms with Crippen molar-refractivity contribution in [3.63, 3.8) is 0 Å². The zero-order valence-electron chi connectivity index (χ0n) is 6.76. The highest BCUT2D eigenvalue weighted by molar-refractivity contribution is 5.18. The predicted molar refractivity (Wildman–Crippen MR) is 43.6 cm³/mol. The van der Waals surface area contributed by atoms with Gasteiger partial charge in [-0.05, 0) is 16.0 Å². The van der Waals surface area contributed by atoms with Crippen molar-refractivity contribution in [3.8, 4) is 0 Å². The van der Waals surface area contributed by atoms with Crippen molar-refractivity contribution in [2.75, 3.05) is 0 Å². The zero-order chi connectivity index (χ0) is 9.10. The number of benzene rings is 1. The number of hydrogen-bond acceptors (Lipinski definition) is 3. The molecule has 0 spiro atoms. The second-order valence-electron chi connectivity index (χ2n) is 2.62. The maximum atomic E-state index is 12.7. The zero-order valence-corrected chi connectivity index (χ0v) is 6.76. The molecule has 1 aromatic heterocycles. The fourth-order valence-electron chi connectivity index (χ4n) is 1.07. The molecule has 0 unspecified atom stereocenters. The van der Waals surface area contributed by atoms with Gasteiger partial charge >= 0.3 is 0 Å². The highest BCUT2D eigenvalue weighted by Gasteiger charge is 2.04. The van der Waals surface area contributed by atoms with Gasteiger partial charge in [-0.2, -0.15) is 0 Å². The number of tetrazole rings is 1. The molecule has 0 N–H and O–H groups in total. The quantitative estimate of drug-likeness (QED) is 0.688. The van der Waals surface area contributed by atoms with Crippen molar-refractivity contribution in [2.24, 2.45) is 0 Å². The van der Waals surface area contributed by atoms with Crippen LogP contribution in [-0.2, 0) is 6.42 Å². The predicted octanol–water partition coefficient (Wildman–Crippen LogP) is 0.996. The van der Waals surface area contributed by atoms with Crippen LogP contribution in [0, 0.1) is 0 Å². The van der Waals surface area contributed by atoms with Crippen LogP contribution in [0.1, 0.15) is 11.4 Å². The van der Waals surface area contributed by atoms with Crippen LogP contribution < -0.4 is 0 Å². The summed E-state index contributed by atoms with van der Waals surface area (Å²) in [6, 6.07) is 9.48. The Morgan fingerprint density at radius 1 is 1.23 bits per heavy atom. The molecule has 5 heteroatoms. The Hall–Kier alpha value is -1.78. The van der Waals surface area contributed by atoms with E-state index in [4.69, 9.17) is 0 Å². The van der Waals surface area contributed by atoms with Crippen molar-refractivity contribution >= 4 is 0 Å². The van der Waals surface area contributed by atoms with E-state index in [1.165, 1.54) is 0 Å². The Labute approximate surface area is 73.9 Å². The molecule has 0 aliphatic heterocycles. The molecule has 0 atom stereocenters. The number of rotatable bonds is 2. The third kappa shape index (κ3) is 1.69. The van der Waals surface area contributed by atoms with Gasteiger partial charge < -0.3 is 0 Å². The molecular weight excluding hydrogens is 171 g/mol. The van der Waals surface area contributed by atoms with E-state index in [0.717, 1.165) is 5.56 Å². The largest absolute Gasteiger partial charge is 0.191 e. The maximum Gasteiger partial charge on any atom is 0.191 e. The van der Waals surface area contributed by atoms with Gasteiger partial charge in [-0.3, -0.25) is 0 Å². The number of aromatic nitrogens is 4. The van der Waals surface area contributed by atoms with Crippen LogP contribution >= 0.6 is 0 Å². The molecule has 0 fully saturated rings. The van der Waals surface area contributed by atoms with Crippen LogP contribution in [0.3, 0.4) is 0 Å². The minimum Gasteiger partial charge on any atom is -0.110 e. The van der Waals surface area contributed by atoms with Crippen molar-refractivity contribution in [2.45, 2.75) is 6.42 Å². The van der Waals surface area contributed by atoms with Crippen LogP contribution in [0.15, 0.2) is 30.3 Å². The van der Waals surface area contributed by atoms with E-state index < -0.39 is 0 Å². The van der Waals surface area contributed by atoms with Gasteiger partial charge in [-0.25, -0.2) is 0 Å². The minimum atomic E-state index is 0.187. The Kier molecular flexibility index (Phi) is 1.99. The summed E-state index contributed by atoms with van der Waals surface area (Å²) < 4.78 is 12.7. The van der Waals surface area contributed by atoms with Crippen molar-refractivity contribution < 1.29 is 4.48 Å². The Balaban J connectivity index is 2.20. The lowest BCUT2D eigenvalue weighted by Crippen LogP contribution is -1.96. The standard InChI is InChI=1S/C8H7FN4/c9-13-8(10-11-12-13)6-7-4-2-1-3-5-7/h1-5H,6H2. The number of halogens is 1. The maximum absolute atomic E-state index is 12.7. The molecule has 1 heterocycles. The second-order valence-corrected chi connectivity index (χ2v) is 2.62. The first-order chi connectivity index (χ1) is 6.36. The first-order valence-corrected chi connectivity index (χ1v) is 3.83. The van der Waals surface area contributed by atoms with Gasteiger partial charge in [-0.1, -0.05) is 39.7 Å². The summed E-state index contributed by atoms with van der Waals surface area (Å²) in [6.45, 7) is 0. The lowest BCUT2D eigenvalue weighted by Gasteiger charge is -1.95. The van der Waals surface area contributed by atoms with Gasteiger partial charge in [0.05, 0.1) is 0 Å². The van der Waals surface area contributed by atoms with Gasteiger partial charge in [0, 0.05) is 6.42 Å². The van der Waals surface area contributed by atoms with Gasteiger partial charge in [0.1, 0.15) is 0 Å². The summed E-state index contributed by atoms with van der Waals surface area (Å²) >= 11 is 0. The third-order valence-electron chi connectivity index (χ3n) is 1.70. The molecule has 1 aromatic carbocycles. The van der Waals surface area contributed by atoms with Crippen LogP contribution in [0.4, 0.5) is 4.48 Å². The molecule has 66 valence electrons. The van der Waals surface area contributed by atoms with Crippen LogP contribution in [-0.4, -0.2) is 20.4 Å². The summed E-state index contributed by atoms with van der Waals surface area (Å²) in [6.07, 6.45) is 0.407. The topological polar surface area (TPSA) is 43.6 Å². The van der Waals surface area contributed by atoms with E-state index >= 15 is 0 Å². The molecule has 0 amide bonds. The van der Waals surface area contributed by atoms with Gasteiger partial charge in [0.25, 0.3) is 0 Å². The average molecular weight is 178 g/mol. The summed E-state index contributed by atoms with van der Waals surface area (Å²) in [4.78, 5) is 0.187. The first-order valence-electron chi connectivity index (χ1n) is 3.83. The molecule has 0 aliphatic carbocycles. The minimum absolute atomic E-state index is 0.187. The number of hydrogen-bond donors (Lipinski definition) is 0. The Bertz CT molecular complexity index is 384. The molecular formula is C8H7FN4. The van der Waals surface area contributed by atoms with Gasteiger partial charge in [0.2, 0.25) is 0 Å².